The maximum absolute atomic E-state index is 6.04. The molecular weight excluding hydrogens is 273 g/mol. The smallest absolute Gasteiger partial charge is 0.398 e. The molecule has 0 unspecified atom stereocenters. The Morgan fingerprint density at radius 2 is 1.80 bits per heavy atom. The molecule has 0 spiro atoms. The van der Waals surface area contributed by atoms with Gasteiger partial charge < -0.3 is 19.5 Å². The van der Waals surface area contributed by atoms with Crippen molar-refractivity contribution in [2.75, 3.05) is 31.1 Å². The SMILES string of the molecule is CC1(C)OB(c2csc(N3CCNCC3)n2)OC1(C)C. The lowest BCUT2D eigenvalue weighted by molar-refractivity contribution is 0.00578. The number of hydrogen-bond donors (Lipinski definition) is 1. The van der Waals surface area contributed by atoms with Gasteiger partial charge in [-0.25, -0.2) is 4.98 Å². The van der Waals surface area contributed by atoms with Crippen molar-refractivity contribution in [3.8, 4) is 0 Å². The summed E-state index contributed by atoms with van der Waals surface area (Å²) >= 11 is 1.67. The van der Waals surface area contributed by atoms with Gasteiger partial charge >= 0.3 is 7.12 Å². The molecule has 5 nitrogen and oxygen atoms in total. The highest BCUT2D eigenvalue weighted by Gasteiger charge is 2.52. The fraction of sp³-hybridized carbons (Fsp3) is 0.769. The minimum atomic E-state index is -0.354. The van der Waals surface area contributed by atoms with Gasteiger partial charge in [0.25, 0.3) is 0 Å². The fourth-order valence-electron chi connectivity index (χ4n) is 2.35. The van der Waals surface area contributed by atoms with Gasteiger partial charge in [-0.1, -0.05) is 0 Å². The van der Waals surface area contributed by atoms with Crippen molar-refractivity contribution in [1.82, 2.24) is 10.3 Å². The summed E-state index contributed by atoms with van der Waals surface area (Å²) in [6, 6.07) is 0. The van der Waals surface area contributed by atoms with Crippen molar-refractivity contribution >= 4 is 29.2 Å². The zero-order valence-electron chi connectivity index (χ0n) is 12.6. The molecule has 3 rings (SSSR count). The van der Waals surface area contributed by atoms with E-state index in [1.54, 1.807) is 11.3 Å². The van der Waals surface area contributed by atoms with Crippen LogP contribution < -0.4 is 15.8 Å². The Morgan fingerprint density at radius 3 is 2.40 bits per heavy atom. The first-order chi connectivity index (χ1) is 9.39. The monoisotopic (exact) mass is 295 g/mol. The van der Waals surface area contributed by atoms with Gasteiger partial charge in [0.2, 0.25) is 0 Å². The first-order valence-corrected chi connectivity index (χ1v) is 8.04. The molecule has 0 saturated carbocycles. The van der Waals surface area contributed by atoms with E-state index in [-0.39, 0.29) is 18.3 Å². The van der Waals surface area contributed by atoms with Crippen LogP contribution in [0.4, 0.5) is 5.13 Å². The molecule has 1 N–H and O–H groups in total. The highest BCUT2D eigenvalue weighted by Crippen LogP contribution is 2.36. The first-order valence-electron chi connectivity index (χ1n) is 7.16. The van der Waals surface area contributed by atoms with E-state index in [9.17, 15) is 0 Å². The number of nitrogens with zero attached hydrogens (tertiary/aromatic N) is 2. The van der Waals surface area contributed by atoms with Crippen molar-refractivity contribution in [2.45, 2.75) is 38.9 Å². The highest BCUT2D eigenvalue weighted by molar-refractivity contribution is 7.14. The van der Waals surface area contributed by atoms with Crippen LogP contribution >= 0.6 is 11.3 Å². The summed E-state index contributed by atoms with van der Waals surface area (Å²) in [5.41, 5.74) is 0.273. The Kier molecular flexibility index (Phi) is 3.57. The lowest BCUT2D eigenvalue weighted by atomic mass is 9.86. The maximum Gasteiger partial charge on any atom is 0.515 e. The largest absolute Gasteiger partial charge is 0.515 e. The number of piperazine rings is 1. The third-order valence-corrected chi connectivity index (χ3v) is 5.31. The number of thiazole rings is 1. The quantitative estimate of drug-likeness (QED) is 0.820. The van der Waals surface area contributed by atoms with Crippen molar-refractivity contribution < 1.29 is 9.31 Å². The summed E-state index contributed by atoms with van der Waals surface area (Å²) < 4.78 is 12.1. The maximum atomic E-state index is 6.04. The second-order valence-corrected chi connectivity index (χ2v) is 7.22. The van der Waals surface area contributed by atoms with E-state index in [0.717, 1.165) is 36.9 Å². The molecule has 0 atom stereocenters. The Bertz CT molecular complexity index is 470. The molecule has 0 radical (unpaired) electrons. The molecule has 1 aromatic heterocycles. The van der Waals surface area contributed by atoms with Gasteiger partial charge in [0.05, 0.1) is 16.8 Å². The first kappa shape index (κ1) is 14.3. The molecule has 7 heteroatoms. The number of aromatic nitrogens is 1. The third kappa shape index (κ3) is 2.48. The fourth-order valence-corrected chi connectivity index (χ4v) is 3.23. The second kappa shape index (κ2) is 4.98. The average molecular weight is 295 g/mol. The normalized spacial score (nSPS) is 25.2. The Balaban J connectivity index is 1.74. The van der Waals surface area contributed by atoms with Crippen LogP contribution in [0.3, 0.4) is 0 Å². The molecule has 2 fully saturated rings. The molecule has 1 aromatic rings. The van der Waals surface area contributed by atoms with Crippen LogP contribution in [-0.4, -0.2) is 49.5 Å². The zero-order valence-corrected chi connectivity index (χ0v) is 13.4. The molecule has 2 aliphatic heterocycles. The van der Waals surface area contributed by atoms with Gasteiger partial charge in [-0.2, -0.15) is 0 Å². The summed E-state index contributed by atoms with van der Waals surface area (Å²) in [6.45, 7) is 12.3. The molecular formula is C13H22BN3O2S. The topological polar surface area (TPSA) is 46.6 Å². The van der Waals surface area contributed by atoms with Gasteiger partial charge in [0.15, 0.2) is 5.13 Å². The zero-order chi connectivity index (χ0) is 14.4. The van der Waals surface area contributed by atoms with E-state index in [4.69, 9.17) is 14.3 Å². The minimum Gasteiger partial charge on any atom is -0.398 e. The van der Waals surface area contributed by atoms with Gasteiger partial charge in [-0.05, 0) is 27.7 Å². The van der Waals surface area contributed by atoms with Crippen molar-refractivity contribution in [3.63, 3.8) is 0 Å². The second-order valence-electron chi connectivity index (χ2n) is 6.38. The molecule has 20 heavy (non-hydrogen) atoms. The lowest BCUT2D eigenvalue weighted by Crippen LogP contribution is -2.44. The van der Waals surface area contributed by atoms with E-state index >= 15 is 0 Å². The summed E-state index contributed by atoms with van der Waals surface area (Å²) in [7, 11) is -0.354. The van der Waals surface area contributed by atoms with E-state index in [0.29, 0.717) is 0 Å². The van der Waals surface area contributed by atoms with Crippen LogP contribution in [0.25, 0.3) is 0 Å². The van der Waals surface area contributed by atoms with Crippen LogP contribution in [0, 0.1) is 0 Å². The van der Waals surface area contributed by atoms with Crippen molar-refractivity contribution in [1.29, 1.82) is 0 Å². The highest BCUT2D eigenvalue weighted by atomic mass is 32.1. The number of hydrogen-bond acceptors (Lipinski definition) is 6. The number of nitrogens with one attached hydrogen (secondary N) is 1. The van der Waals surface area contributed by atoms with Crippen LogP contribution in [0.1, 0.15) is 27.7 Å². The summed E-state index contributed by atoms with van der Waals surface area (Å²) in [4.78, 5) is 7.03. The van der Waals surface area contributed by atoms with Gasteiger partial charge in [-0.15, -0.1) is 11.3 Å². The summed E-state index contributed by atoms with van der Waals surface area (Å²) in [5.74, 6) is 0. The van der Waals surface area contributed by atoms with Crippen LogP contribution in [0.2, 0.25) is 0 Å². The van der Waals surface area contributed by atoms with Crippen molar-refractivity contribution in [2.24, 2.45) is 0 Å². The van der Waals surface area contributed by atoms with Crippen LogP contribution in [0.15, 0.2) is 5.38 Å². The molecule has 3 heterocycles. The van der Waals surface area contributed by atoms with Gasteiger partial charge in [0, 0.05) is 31.6 Å². The summed E-state index contributed by atoms with van der Waals surface area (Å²) in [6.07, 6.45) is 0. The molecule has 0 aromatic carbocycles. The number of anilines is 1. The molecule has 0 bridgehead atoms. The molecule has 2 saturated heterocycles. The van der Waals surface area contributed by atoms with E-state index in [2.05, 4.69) is 43.3 Å². The van der Waals surface area contributed by atoms with E-state index in [1.807, 2.05) is 0 Å². The number of rotatable bonds is 2. The molecule has 0 aliphatic carbocycles. The van der Waals surface area contributed by atoms with Gasteiger partial charge in [0.1, 0.15) is 0 Å². The molecule has 0 amide bonds. The summed E-state index contributed by atoms with van der Waals surface area (Å²) in [5, 5.41) is 6.47. The van der Waals surface area contributed by atoms with E-state index in [1.165, 1.54) is 0 Å². The standard InChI is InChI=1S/C13H22BN3O2S/c1-12(2)13(3,4)19-14(18-12)10-9-20-11(16-10)17-7-5-15-6-8-17/h9,15H,5-8H2,1-4H3. The lowest BCUT2D eigenvalue weighted by Gasteiger charge is -2.32. The molecule has 110 valence electrons. The van der Waals surface area contributed by atoms with Crippen LogP contribution in [0.5, 0.6) is 0 Å². The predicted molar refractivity (Wildman–Crippen MR) is 82.9 cm³/mol. The average Bonchev–Trinajstić information content (AvgIpc) is 2.94. The van der Waals surface area contributed by atoms with Crippen LogP contribution in [-0.2, 0) is 9.31 Å². The third-order valence-electron chi connectivity index (χ3n) is 4.39. The minimum absolute atomic E-state index is 0.309. The Hall–Kier alpha value is -0.625. The van der Waals surface area contributed by atoms with Gasteiger partial charge in [-0.3, -0.25) is 0 Å². The van der Waals surface area contributed by atoms with E-state index < -0.39 is 0 Å². The molecule has 2 aliphatic rings. The van der Waals surface area contributed by atoms with Crippen molar-refractivity contribution in [3.05, 3.63) is 5.38 Å². The predicted octanol–water partition coefficient (Wildman–Crippen LogP) is 0.852. The Labute approximate surface area is 124 Å². The Morgan fingerprint density at radius 1 is 1.20 bits per heavy atom.